The van der Waals surface area contributed by atoms with Crippen LogP contribution in [0.1, 0.15) is 66.3 Å². The lowest BCUT2D eigenvalue weighted by Crippen LogP contribution is -2.58. The van der Waals surface area contributed by atoms with Crippen molar-refractivity contribution >= 4 is 34.9 Å². The van der Waals surface area contributed by atoms with Crippen molar-refractivity contribution in [2.24, 2.45) is 13.0 Å². The number of fused-ring (bicyclic) bond motifs is 1. The molecule has 1 saturated heterocycles. The van der Waals surface area contributed by atoms with Crippen molar-refractivity contribution in [3.8, 4) is 0 Å². The first-order valence-electron chi connectivity index (χ1n) is 12.5. The molecule has 0 bridgehead atoms. The van der Waals surface area contributed by atoms with Gasteiger partial charge in [0.05, 0.1) is 5.56 Å². The highest BCUT2D eigenvalue weighted by Crippen LogP contribution is 2.29. The largest absolute Gasteiger partial charge is 0.344 e. The van der Waals surface area contributed by atoms with Gasteiger partial charge in [0.1, 0.15) is 17.6 Å². The molecule has 4 rings (SSSR count). The van der Waals surface area contributed by atoms with Crippen LogP contribution in [-0.2, 0) is 16.6 Å². The average molecular weight is 485 g/mol. The third-order valence-corrected chi connectivity index (χ3v) is 7.42. The normalized spacial score (nSPS) is 17.9. The fourth-order valence-corrected chi connectivity index (χ4v) is 5.42. The number of aryl methyl sites for hydroxylation is 1. The SMILES string of the molecule is CCC(=O)N[C@H](C(=O)N1CCN(C(=O)c2c(C=O)c3cc(F)ccc3n2C)CC1)C1CCCCC1. The van der Waals surface area contributed by atoms with Gasteiger partial charge in [0.2, 0.25) is 11.8 Å². The standard InChI is InChI=1S/C26H33FN4O4/c1-3-22(33)28-23(17-7-5-4-6-8-17)25(34)30-11-13-31(14-12-30)26(35)24-20(16-32)19-15-18(27)9-10-21(19)29(24)2/h9-10,15-17,23H,3-8,11-14H2,1-2H3,(H,28,33)/t23-/m0/s1. The summed E-state index contributed by atoms with van der Waals surface area (Å²) in [6.07, 6.45) is 6.06. The highest BCUT2D eigenvalue weighted by molar-refractivity contribution is 6.10. The lowest BCUT2D eigenvalue weighted by Gasteiger charge is -2.39. The zero-order valence-corrected chi connectivity index (χ0v) is 20.4. The Hall–Kier alpha value is -3.23. The maximum Gasteiger partial charge on any atom is 0.271 e. The van der Waals surface area contributed by atoms with Crippen LogP contribution < -0.4 is 5.32 Å². The van der Waals surface area contributed by atoms with E-state index in [0.717, 1.165) is 32.1 Å². The van der Waals surface area contributed by atoms with E-state index in [4.69, 9.17) is 0 Å². The zero-order chi connectivity index (χ0) is 25.1. The van der Waals surface area contributed by atoms with Crippen LogP contribution >= 0.6 is 0 Å². The van der Waals surface area contributed by atoms with Crippen LogP contribution in [0.3, 0.4) is 0 Å². The van der Waals surface area contributed by atoms with Crippen molar-refractivity contribution in [3.63, 3.8) is 0 Å². The highest BCUT2D eigenvalue weighted by atomic mass is 19.1. The molecule has 1 aromatic carbocycles. The number of nitrogens with one attached hydrogen (secondary N) is 1. The summed E-state index contributed by atoms with van der Waals surface area (Å²) in [5, 5.41) is 3.36. The van der Waals surface area contributed by atoms with E-state index in [-0.39, 0.29) is 34.9 Å². The molecular weight excluding hydrogens is 451 g/mol. The molecule has 1 aliphatic heterocycles. The summed E-state index contributed by atoms with van der Waals surface area (Å²) in [4.78, 5) is 54.2. The first-order chi connectivity index (χ1) is 16.8. The van der Waals surface area contributed by atoms with Crippen LogP contribution in [0.25, 0.3) is 10.9 Å². The minimum Gasteiger partial charge on any atom is -0.344 e. The first kappa shape index (κ1) is 24.9. The lowest BCUT2D eigenvalue weighted by molar-refractivity contribution is -0.139. The minimum absolute atomic E-state index is 0.0838. The Morgan fingerprint density at radius 2 is 1.74 bits per heavy atom. The molecule has 8 nitrogen and oxygen atoms in total. The van der Waals surface area contributed by atoms with E-state index in [1.807, 2.05) is 0 Å². The van der Waals surface area contributed by atoms with Crippen LogP contribution in [0, 0.1) is 11.7 Å². The molecule has 1 saturated carbocycles. The van der Waals surface area contributed by atoms with Gasteiger partial charge in [-0.2, -0.15) is 0 Å². The van der Waals surface area contributed by atoms with Gasteiger partial charge in [-0.15, -0.1) is 0 Å². The van der Waals surface area contributed by atoms with Crippen LogP contribution in [0.15, 0.2) is 18.2 Å². The second-order valence-corrected chi connectivity index (χ2v) is 9.51. The molecule has 1 atom stereocenters. The van der Waals surface area contributed by atoms with Gasteiger partial charge in [0.15, 0.2) is 6.29 Å². The zero-order valence-electron chi connectivity index (χ0n) is 20.4. The van der Waals surface area contributed by atoms with Crippen LogP contribution in [0.2, 0.25) is 0 Å². The monoisotopic (exact) mass is 484 g/mol. The number of hydrogen-bond acceptors (Lipinski definition) is 4. The molecule has 1 N–H and O–H groups in total. The number of piperazine rings is 1. The number of aldehydes is 1. The Bertz CT molecular complexity index is 1130. The van der Waals surface area contributed by atoms with Gasteiger partial charge in [0, 0.05) is 50.6 Å². The molecule has 35 heavy (non-hydrogen) atoms. The average Bonchev–Trinajstić information content (AvgIpc) is 3.17. The molecule has 2 aliphatic rings. The van der Waals surface area contributed by atoms with Crippen molar-refractivity contribution in [1.82, 2.24) is 19.7 Å². The molecular formula is C26H33FN4O4. The Morgan fingerprint density at radius 3 is 2.37 bits per heavy atom. The fourth-order valence-electron chi connectivity index (χ4n) is 5.42. The highest BCUT2D eigenvalue weighted by Gasteiger charge is 2.36. The summed E-state index contributed by atoms with van der Waals surface area (Å²) in [7, 11) is 1.69. The molecule has 9 heteroatoms. The first-order valence-corrected chi connectivity index (χ1v) is 12.5. The second-order valence-electron chi connectivity index (χ2n) is 9.51. The summed E-state index contributed by atoms with van der Waals surface area (Å²) < 4.78 is 15.4. The summed E-state index contributed by atoms with van der Waals surface area (Å²) in [6, 6.07) is 3.60. The van der Waals surface area contributed by atoms with E-state index in [1.54, 1.807) is 34.4 Å². The van der Waals surface area contributed by atoms with Crippen molar-refractivity contribution in [2.45, 2.75) is 51.5 Å². The Balaban J connectivity index is 1.48. The minimum atomic E-state index is -0.528. The lowest BCUT2D eigenvalue weighted by atomic mass is 9.83. The molecule has 0 spiro atoms. The third kappa shape index (κ3) is 4.94. The molecule has 0 radical (unpaired) electrons. The van der Waals surface area contributed by atoms with Crippen LogP contribution in [-0.4, -0.2) is 70.6 Å². The van der Waals surface area contributed by atoms with Gasteiger partial charge in [0.25, 0.3) is 5.91 Å². The Morgan fingerprint density at radius 1 is 1.09 bits per heavy atom. The number of carbonyl (C=O) groups is 4. The molecule has 0 unspecified atom stereocenters. The number of hydrogen-bond donors (Lipinski definition) is 1. The maximum atomic E-state index is 13.8. The number of amides is 3. The summed E-state index contributed by atoms with van der Waals surface area (Å²) in [6.45, 7) is 3.11. The Labute approximate surface area is 204 Å². The quantitative estimate of drug-likeness (QED) is 0.639. The fraction of sp³-hybridized carbons (Fsp3) is 0.538. The summed E-state index contributed by atoms with van der Waals surface area (Å²) >= 11 is 0. The second kappa shape index (κ2) is 10.6. The van der Waals surface area contributed by atoms with Crippen molar-refractivity contribution in [1.29, 1.82) is 0 Å². The van der Waals surface area contributed by atoms with Crippen LogP contribution in [0.4, 0.5) is 4.39 Å². The number of halogens is 1. The third-order valence-electron chi connectivity index (χ3n) is 7.42. The number of benzene rings is 1. The van der Waals surface area contributed by atoms with E-state index in [1.165, 1.54) is 12.1 Å². The number of carbonyl (C=O) groups excluding carboxylic acids is 4. The number of rotatable bonds is 6. The topological polar surface area (TPSA) is 91.7 Å². The smallest absolute Gasteiger partial charge is 0.271 e. The predicted molar refractivity (Wildman–Crippen MR) is 130 cm³/mol. The molecule has 1 aliphatic carbocycles. The van der Waals surface area contributed by atoms with Gasteiger partial charge in [-0.3, -0.25) is 19.2 Å². The van der Waals surface area contributed by atoms with Gasteiger partial charge in [-0.1, -0.05) is 26.2 Å². The van der Waals surface area contributed by atoms with Gasteiger partial charge in [-0.05, 0) is 37.0 Å². The van der Waals surface area contributed by atoms with Crippen molar-refractivity contribution < 1.29 is 23.6 Å². The van der Waals surface area contributed by atoms with Gasteiger partial charge in [-0.25, -0.2) is 4.39 Å². The van der Waals surface area contributed by atoms with Gasteiger partial charge >= 0.3 is 0 Å². The van der Waals surface area contributed by atoms with Crippen molar-refractivity contribution in [3.05, 3.63) is 35.3 Å². The summed E-state index contributed by atoms with van der Waals surface area (Å²) in [5.74, 6) is -0.866. The van der Waals surface area contributed by atoms with E-state index < -0.39 is 11.9 Å². The Kier molecular flexibility index (Phi) is 7.52. The molecule has 3 amide bonds. The number of aromatic nitrogens is 1. The van der Waals surface area contributed by atoms with E-state index in [9.17, 15) is 23.6 Å². The molecule has 2 heterocycles. The van der Waals surface area contributed by atoms with Gasteiger partial charge < -0.3 is 19.7 Å². The maximum absolute atomic E-state index is 13.8. The van der Waals surface area contributed by atoms with Crippen LogP contribution in [0.5, 0.6) is 0 Å². The van der Waals surface area contributed by atoms with E-state index in [2.05, 4.69) is 5.32 Å². The predicted octanol–water partition coefficient (Wildman–Crippen LogP) is 2.89. The molecule has 1 aromatic heterocycles. The van der Waals surface area contributed by atoms with E-state index in [0.29, 0.717) is 49.8 Å². The molecule has 2 aromatic rings. The summed E-state index contributed by atoms with van der Waals surface area (Å²) in [5.41, 5.74) is 0.994. The number of nitrogens with zero attached hydrogens (tertiary/aromatic N) is 3. The molecule has 2 fully saturated rings. The van der Waals surface area contributed by atoms with Crippen molar-refractivity contribution in [2.75, 3.05) is 26.2 Å². The molecule has 188 valence electrons. The van der Waals surface area contributed by atoms with E-state index >= 15 is 0 Å².